The van der Waals surface area contributed by atoms with Gasteiger partial charge in [0.05, 0.1) is 23.1 Å². The molecule has 1 fully saturated rings. The van der Waals surface area contributed by atoms with Crippen LogP contribution in [0.4, 0.5) is 4.79 Å². The summed E-state index contributed by atoms with van der Waals surface area (Å²) in [6.45, 7) is 4.71. The number of aromatic carboxylic acids is 1. The Hall–Kier alpha value is -1.89. The fraction of sp³-hybridized carbons (Fsp3) is 0.562. The van der Waals surface area contributed by atoms with Crippen LogP contribution in [0.2, 0.25) is 5.02 Å². The van der Waals surface area contributed by atoms with Crippen molar-refractivity contribution in [2.75, 3.05) is 20.3 Å². The van der Waals surface area contributed by atoms with Gasteiger partial charge in [-0.05, 0) is 26.8 Å². The minimum atomic E-state index is -4.00. The summed E-state index contributed by atoms with van der Waals surface area (Å²) in [5, 5.41) is 10.6. The molecule has 0 aliphatic carbocycles. The molecule has 2 aliphatic heterocycles. The predicted octanol–water partition coefficient (Wildman–Crippen LogP) is 1.85. The molecular weight excluding hydrogens is 446 g/mol. The van der Waals surface area contributed by atoms with E-state index in [2.05, 4.69) is 10.3 Å². The molecule has 0 spiro atoms. The maximum absolute atomic E-state index is 13.1. The van der Waals surface area contributed by atoms with Gasteiger partial charge in [0.1, 0.15) is 21.3 Å². The summed E-state index contributed by atoms with van der Waals surface area (Å²) in [5.74, 6) is -1.45. The smallest absolute Gasteiger partial charge is 0.414 e. The van der Waals surface area contributed by atoms with Gasteiger partial charge in [0.25, 0.3) is 0 Å². The van der Waals surface area contributed by atoms with Gasteiger partial charge in [-0.15, -0.1) is 11.3 Å². The predicted molar refractivity (Wildman–Crippen MR) is 106 cm³/mol. The number of carbonyl (C=O) groups is 2. The van der Waals surface area contributed by atoms with E-state index in [1.54, 1.807) is 20.8 Å². The molecule has 0 saturated carbocycles. The van der Waals surface area contributed by atoms with Crippen LogP contribution in [0.25, 0.3) is 0 Å². The molecule has 10 nitrogen and oxygen atoms in total. The number of amides is 1. The number of hydrogen-bond acceptors (Lipinski definition) is 8. The van der Waals surface area contributed by atoms with Crippen LogP contribution >= 0.6 is 22.9 Å². The SMILES string of the molecule is CN1C(NC(=O)OC(C)(C)C)=N[C@@]2(c3sc(C(=O)O)cc3Cl)COCC2S1(=O)=O. The first-order valence-electron chi connectivity index (χ1n) is 8.46. The van der Waals surface area contributed by atoms with Crippen molar-refractivity contribution in [2.45, 2.75) is 37.2 Å². The Morgan fingerprint density at radius 2 is 2.14 bits per heavy atom. The van der Waals surface area contributed by atoms with Gasteiger partial charge in [0, 0.05) is 7.05 Å². The largest absolute Gasteiger partial charge is 0.477 e. The molecule has 1 saturated heterocycles. The van der Waals surface area contributed by atoms with E-state index in [4.69, 9.17) is 21.1 Å². The number of ether oxygens (including phenoxy) is 2. The van der Waals surface area contributed by atoms with Crippen molar-refractivity contribution in [2.24, 2.45) is 4.99 Å². The third kappa shape index (κ3) is 3.81. The first-order valence-corrected chi connectivity index (χ1v) is 11.2. The monoisotopic (exact) mass is 465 g/mol. The molecule has 1 unspecified atom stereocenters. The number of halogens is 1. The third-order valence-corrected chi connectivity index (χ3v) is 8.25. The molecule has 3 heterocycles. The van der Waals surface area contributed by atoms with Crippen LogP contribution in [-0.2, 0) is 25.0 Å². The molecule has 13 heteroatoms. The van der Waals surface area contributed by atoms with Crippen LogP contribution in [0.5, 0.6) is 0 Å². The number of nitrogens with zero attached hydrogens (tertiary/aromatic N) is 2. The van der Waals surface area contributed by atoms with E-state index in [0.717, 1.165) is 15.6 Å². The van der Waals surface area contributed by atoms with E-state index in [1.807, 2.05) is 0 Å². The van der Waals surface area contributed by atoms with Crippen molar-refractivity contribution < 1.29 is 32.6 Å². The van der Waals surface area contributed by atoms with Gasteiger partial charge in [-0.2, -0.15) is 0 Å². The first-order chi connectivity index (χ1) is 13.3. The summed E-state index contributed by atoms with van der Waals surface area (Å²) in [5.41, 5.74) is -2.29. The summed E-state index contributed by atoms with van der Waals surface area (Å²) in [4.78, 5) is 28.2. The highest BCUT2D eigenvalue weighted by Crippen LogP contribution is 2.48. The lowest BCUT2D eigenvalue weighted by Gasteiger charge is -2.38. The summed E-state index contributed by atoms with van der Waals surface area (Å²) in [7, 11) is -2.75. The molecule has 2 aliphatic rings. The van der Waals surface area contributed by atoms with Gasteiger partial charge in [-0.1, -0.05) is 11.6 Å². The average molecular weight is 466 g/mol. The van der Waals surface area contributed by atoms with Crippen LogP contribution in [0.1, 0.15) is 35.3 Å². The third-order valence-electron chi connectivity index (χ3n) is 4.37. The summed E-state index contributed by atoms with van der Waals surface area (Å²) in [6, 6.07) is 1.25. The van der Waals surface area contributed by atoms with Gasteiger partial charge < -0.3 is 14.6 Å². The number of thiophene rings is 1. The van der Waals surface area contributed by atoms with Crippen molar-refractivity contribution in [3.05, 3.63) is 20.8 Å². The Morgan fingerprint density at radius 3 is 2.69 bits per heavy atom. The lowest BCUT2D eigenvalue weighted by atomic mass is 9.96. The maximum Gasteiger partial charge on any atom is 0.414 e. The number of fused-ring (bicyclic) bond motifs is 1. The zero-order chi connectivity index (χ0) is 21.8. The quantitative estimate of drug-likeness (QED) is 0.680. The van der Waals surface area contributed by atoms with Crippen LogP contribution < -0.4 is 5.32 Å². The molecule has 1 aromatic heterocycles. The lowest BCUT2D eigenvalue weighted by Crippen LogP contribution is -2.58. The second-order valence-corrected chi connectivity index (χ2v) is 11.2. The first kappa shape index (κ1) is 21.8. The van der Waals surface area contributed by atoms with Gasteiger partial charge in [0.15, 0.2) is 0 Å². The standard InChI is InChI=1S/C16H20ClN3O7S2/c1-15(2,3)27-14(23)18-13-19-16(11-8(17)5-9(28-11)12(21)22)7-26-6-10(16)29(24,25)20(13)4/h5,10H,6-7H2,1-4H3,(H,21,22)(H,18,19,23)/t10?,16-/m0/s1. The topological polar surface area (TPSA) is 135 Å². The van der Waals surface area contributed by atoms with Gasteiger partial charge >= 0.3 is 12.1 Å². The van der Waals surface area contributed by atoms with Crippen LogP contribution in [0.15, 0.2) is 11.1 Å². The number of sulfonamides is 1. The minimum Gasteiger partial charge on any atom is -0.477 e. The molecular formula is C16H20ClN3O7S2. The van der Waals surface area contributed by atoms with E-state index in [0.29, 0.717) is 0 Å². The number of carbonyl (C=O) groups excluding carboxylic acids is 1. The minimum absolute atomic E-state index is 0.0572. The summed E-state index contributed by atoms with van der Waals surface area (Å²) >= 11 is 7.08. The summed E-state index contributed by atoms with van der Waals surface area (Å²) < 4.78 is 37.7. The molecule has 1 amide bonds. The highest BCUT2D eigenvalue weighted by Gasteiger charge is 2.59. The second-order valence-electron chi connectivity index (χ2n) is 7.60. The van der Waals surface area contributed by atoms with E-state index in [9.17, 15) is 23.1 Å². The van der Waals surface area contributed by atoms with Gasteiger partial charge in [0.2, 0.25) is 16.0 Å². The van der Waals surface area contributed by atoms with Gasteiger partial charge in [-0.3, -0.25) is 5.32 Å². The zero-order valence-corrected chi connectivity index (χ0v) is 18.4. The molecule has 1 aromatic rings. The van der Waals surface area contributed by atoms with E-state index >= 15 is 0 Å². The van der Waals surface area contributed by atoms with E-state index in [-0.39, 0.29) is 34.0 Å². The zero-order valence-electron chi connectivity index (χ0n) is 16.1. The lowest BCUT2D eigenvalue weighted by molar-refractivity contribution is 0.0557. The average Bonchev–Trinajstić information content (AvgIpc) is 3.16. The number of aliphatic imine (C=N–C) groups is 1. The number of carboxylic acids is 1. The van der Waals surface area contributed by atoms with Crippen molar-refractivity contribution in [1.29, 1.82) is 0 Å². The van der Waals surface area contributed by atoms with Crippen molar-refractivity contribution in [3.8, 4) is 0 Å². The number of carboxylic acid groups (broad SMARTS) is 1. The van der Waals surface area contributed by atoms with Gasteiger partial charge in [-0.25, -0.2) is 27.3 Å². The fourth-order valence-electron chi connectivity index (χ4n) is 3.09. The fourth-order valence-corrected chi connectivity index (χ4v) is 6.39. The van der Waals surface area contributed by atoms with E-state index < -0.39 is 38.5 Å². The van der Waals surface area contributed by atoms with Crippen molar-refractivity contribution in [3.63, 3.8) is 0 Å². The number of nitrogens with one attached hydrogen (secondary N) is 1. The molecule has 3 rings (SSSR count). The Balaban J connectivity index is 2.12. The Labute approximate surface area is 176 Å². The molecule has 2 atom stereocenters. The van der Waals surface area contributed by atoms with Crippen LogP contribution in [0, 0.1) is 0 Å². The molecule has 2 N–H and O–H groups in total. The molecule has 29 heavy (non-hydrogen) atoms. The highest BCUT2D eigenvalue weighted by atomic mass is 35.5. The maximum atomic E-state index is 13.1. The Kier molecular flexibility index (Phi) is 5.35. The van der Waals surface area contributed by atoms with Crippen LogP contribution in [-0.4, -0.2) is 67.0 Å². The Bertz CT molecular complexity index is 999. The number of rotatable bonds is 2. The molecule has 0 bridgehead atoms. The number of hydrogen-bond donors (Lipinski definition) is 2. The Morgan fingerprint density at radius 1 is 1.48 bits per heavy atom. The summed E-state index contributed by atoms with van der Waals surface area (Å²) in [6.07, 6.45) is -0.880. The molecule has 0 aromatic carbocycles. The van der Waals surface area contributed by atoms with Crippen molar-refractivity contribution in [1.82, 2.24) is 9.62 Å². The molecule has 0 radical (unpaired) electrons. The normalized spacial score (nSPS) is 25.9. The van der Waals surface area contributed by atoms with Crippen LogP contribution in [0.3, 0.4) is 0 Å². The number of guanidine groups is 1. The second kappa shape index (κ2) is 7.11. The van der Waals surface area contributed by atoms with E-state index in [1.165, 1.54) is 13.1 Å². The van der Waals surface area contributed by atoms with Crippen molar-refractivity contribution >= 4 is 51.0 Å². The molecule has 160 valence electrons. The highest BCUT2D eigenvalue weighted by molar-refractivity contribution is 7.90. The number of alkyl carbamates (subject to hydrolysis) is 1.